The van der Waals surface area contributed by atoms with Crippen molar-refractivity contribution in [1.29, 1.82) is 0 Å². The van der Waals surface area contributed by atoms with Crippen LogP contribution in [0.15, 0.2) is 12.4 Å². The van der Waals surface area contributed by atoms with Crippen molar-refractivity contribution in [3.8, 4) is 0 Å². The summed E-state index contributed by atoms with van der Waals surface area (Å²) in [6.07, 6.45) is 6.73. The number of aromatic nitrogens is 2. The zero-order chi connectivity index (χ0) is 15.6. The van der Waals surface area contributed by atoms with Crippen LogP contribution in [0.5, 0.6) is 0 Å². The van der Waals surface area contributed by atoms with E-state index in [1.807, 2.05) is 12.4 Å². The van der Waals surface area contributed by atoms with Crippen molar-refractivity contribution in [3.63, 3.8) is 0 Å². The minimum Gasteiger partial charge on any atom is -0.378 e. The van der Waals surface area contributed by atoms with E-state index in [1.165, 1.54) is 38.0 Å². The second kappa shape index (κ2) is 6.71. The average molecular weight is 317 g/mol. The molecule has 2 atom stereocenters. The third-order valence-corrected chi connectivity index (χ3v) is 5.44. The van der Waals surface area contributed by atoms with Crippen LogP contribution in [-0.4, -0.2) is 77.8 Å². The highest BCUT2D eigenvalue weighted by molar-refractivity contribution is 5.30. The largest absolute Gasteiger partial charge is 0.378 e. The lowest BCUT2D eigenvalue weighted by Crippen LogP contribution is -2.54. The molecule has 1 aromatic heterocycles. The Bertz CT molecular complexity index is 516. The molecule has 0 amide bonds. The highest BCUT2D eigenvalue weighted by Gasteiger charge is 2.34. The van der Waals surface area contributed by atoms with Crippen LogP contribution in [0.4, 0.5) is 5.95 Å². The minimum atomic E-state index is 0.614. The maximum Gasteiger partial charge on any atom is 0.225 e. The van der Waals surface area contributed by atoms with Crippen molar-refractivity contribution in [2.75, 3.05) is 50.8 Å². The fourth-order valence-electron chi connectivity index (χ4n) is 4.06. The van der Waals surface area contributed by atoms with Gasteiger partial charge < -0.3 is 9.64 Å². The summed E-state index contributed by atoms with van der Waals surface area (Å²) < 4.78 is 5.38. The molecule has 4 rings (SSSR count). The van der Waals surface area contributed by atoms with Crippen molar-refractivity contribution in [2.24, 2.45) is 0 Å². The highest BCUT2D eigenvalue weighted by Crippen LogP contribution is 2.25. The van der Waals surface area contributed by atoms with Crippen LogP contribution < -0.4 is 4.90 Å². The molecule has 3 aliphatic heterocycles. The second-order valence-corrected chi connectivity index (χ2v) is 7.06. The van der Waals surface area contributed by atoms with Gasteiger partial charge in [0.15, 0.2) is 0 Å². The Labute approximate surface area is 138 Å². The lowest BCUT2D eigenvalue weighted by molar-refractivity contribution is 0.0539. The number of piperazine rings is 1. The van der Waals surface area contributed by atoms with Gasteiger partial charge in [-0.15, -0.1) is 0 Å². The summed E-state index contributed by atoms with van der Waals surface area (Å²) >= 11 is 0. The highest BCUT2D eigenvalue weighted by atomic mass is 16.5. The fraction of sp³-hybridized carbons (Fsp3) is 0.765. The first-order valence-corrected chi connectivity index (χ1v) is 8.91. The molecule has 0 radical (unpaired) electrons. The van der Waals surface area contributed by atoms with Gasteiger partial charge in [0, 0.05) is 62.8 Å². The normalized spacial score (nSPS) is 29.7. The zero-order valence-corrected chi connectivity index (χ0v) is 14.0. The van der Waals surface area contributed by atoms with E-state index in [0.717, 1.165) is 44.8 Å². The molecule has 6 heteroatoms. The molecule has 6 nitrogen and oxygen atoms in total. The number of hydrogen-bond donors (Lipinski definition) is 0. The van der Waals surface area contributed by atoms with Crippen LogP contribution in [0.2, 0.25) is 0 Å². The third-order valence-electron chi connectivity index (χ3n) is 5.44. The summed E-state index contributed by atoms with van der Waals surface area (Å²) in [6, 6.07) is 1.38. The van der Waals surface area contributed by atoms with Crippen molar-refractivity contribution in [2.45, 2.75) is 38.4 Å². The molecule has 0 unspecified atom stereocenters. The third kappa shape index (κ3) is 3.34. The monoisotopic (exact) mass is 317 g/mol. The zero-order valence-electron chi connectivity index (χ0n) is 14.0. The van der Waals surface area contributed by atoms with Crippen LogP contribution in [-0.2, 0) is 11.3 Å². The van der Waals surface area contributed by atoms with Gasteiger partial charge >= 0.3 is 0 Å². The van der Waals surface area contributed by atoms with Gasteiger partial charge in [0.2, 0.25) is 5.95 Å². The second-order valence-electron chi connectivity index (χ2n) is 7.06. The Kier molecular flexibility index (Phi) is 4.46. The number of hydrogen-bond acceptors (Lipinski definition) is 6. The van der Waals surface area contributed by atoms with Gasteiger partial charge in [0.05, 0.1) is 13.2 Å². The van der Waals surface area contributed by atoms with Crippen LogP contribution in [0.1, 0.15) is 25.3 Å². The van der Waals surface area contributed by atoms with Gasteiger partial charge in [-0.25, -0.2) is 9.97 Å². The summed E-state index contributed by atoms with van der Waals surface area (Å²) in [5, 5.41) is 0. The molecule has 0 bridgehead atoms. The van der Waals surface area contributed by atoms with E-state index in [0.29, 0.717) is 6.04 Å². The van der Waals surface area contributed by atoms with Gasteiger partial charge in [-0.1, -0.05) is 0 Å². The van der Waals surface area contributed by atoms with E-state index in [1.54, 1.807) is 0 Å². The average Bonchev–Trinajstić information content (AvgIpc) is 3.04. The van der Waals surface area contributed by atoms with E-state index in [9.17, 15) is 0 Å². The van der Waals surface area contributed by atoms with Crippen molar-refractivity contribution < 1.29 is 4.74 Å². The molecule has 0 aromatic carbocycles. The predicted molar refractivity (Wildman–Crippen MR) is 89.5 cm³/mol. The first kappa shape index (κ1) is 15.3. The molecule has 0 aliphatic carbocycles. The quantitative estimate of drug-likeness (QED) is 0.828. The van der Waals surface area contributed by atoms with Crippen molar-refractivity contribution in [3.05, 3.63) is 18.0 Å². The van der Waals surface area contributed by atoms with Gasteiger partial charge in [0.25, 0.3) is 0 Å². The Morgan fingerprint density at radius 3 is 2.70 bits per heavy atom. The lowest BCUT2D eigenvalue weighted by atomic mass is 10.1. The topological polar surface area (TPSA) is 44.7 Å². The summed E-state index contributed by atoms with van der Waals surface area (Å²) in [6.45, 7) is 10.3. The van der Waals surface area contributed by atoms with E-state index in [4.69, 9.17) is 4.74 Å². The van der Waals surface area contributed by atoms with E-state index < -0.39 is 0 Å². The Balaban J connectivity index is 1.38. The van der Waals surface area contributed by atoms with Crippen LogP contribution in [0.25, 0.3) is 0 Å². The predicted octanol–water partition coefficient (Wildman–Crippen LogP) is 0.982. The minimum absolute atomic E-state index is 0.614. The summed E-state index contributed by atoms with van der Waals surface area (Å²) in [4.78, 5) is 16.6. The molecule has 0 spiro atoms. The van der Waals surface area contributed by atoms with Gasteiger partial charge in [-0.2, -0.15) is 0 Å². The van der Waals surface area contributed by atoms with Gasteiger partial charge in [-0.05, 0) is 26.3 Å². The Hall–Kier alpha value is -1.24. The number of ether oxygens (including phenoxy) is 1. The summed E-state index contributed by atoms with van der Waals surface area (Å²) in [7, 11) is 0. The molecule has 3 aliphatic rings. The first-order valence-electron chi connectivity index (χ1n) is 8.91. The lowest BCUT2D eigenvalue weighted by Gasteiger charge is -2.42. The fourth-order valence-corrected chi connectivity index (χ4v) is 4.06. The first-order chi connectivity index (χ1) is 11.3. The summed E-state index contributed by atoms with van der Waals surface area (Å²) in [5.74, 6) is 0.839. The molecular weight excluding hydrogens is 290 g/mol. The molecule has 4 heterocycles. The molecule has 3 fully saturated rings. The van der Waals surface area contributed by atoms with Crippen molar-refractivity contribution in [1.82, 2.24) is 19.8 Å². The summed E-state index contributed by atoms with van der Waals surface area (Å²) in [5.41, 5.74) is 1.22. The number of anilines is 1. The van der Waals surface area contributed by atoms with Crippen LogP contribution in [0.3, 0.4) is 0 Å². The van der Waals surface area contributed by atoms with Crippen molar-refractivity contribution >= 4 is 5.95 Å². The number of nitrogens with zero attached hydrogens (tertiary/aromatic N) is 5. The number of morpholine rings is 1. The Morgan fingerprint density at radius 1 is 1.13 bits per heavy atom. The molecule has 1 aromatic rings. The van der Waals surface area contributed by atoms with Gasteiger partial charge in [-0.3, -0.25) is 9.80 Å². The van der Waals surface area contributed by atoms with E-state index in [-0.39, 0.29) is 0 Å². The maximum atomic E-state index is 5.38. The smallest absolute Gasteiger partial charge is 0.225 e. The molecule has 3 saturated heterocycles. The van der Waals surface area contributed by atoms with E-state index in [2.05, 4.69) is 31.6 Å². The Morgan fingerprint density at radius 2 is 1.91 bits per heavy atom. The molecule has 0 N–H and O–H groups in total. The molecule has 126 valence electrons. The SMILES string of the molecule is C[C@@H]1CN2CCC[C@H]2CN1Cc1cnc(N2CCOCC2)nc1. The van der Waals surface area contributed by atoms with Gasteiger partial charge in [0.1, 0.15) is 0 Å². The van der Waals surface area contributed by atoms with Crippen LogP contribution >= 0.6 is 0 Å². The standard InChI is InChI=1S/C17H27N5O/c1-14-11-21-4-2-3-16(21)13-22(14)12-15-9-18-17(19-10-15)20-5-7-23-8-6-20/h9-10,14,16H,2-8,11-13H2,1H3/t14-,16+/m1/s1. The number of fused-ring (bicyclic) bond motifs is 1. The maximum absolute atomic E-state index is 5.38. The molecular formula is C17H27N5O. The van der Waals surface area contributed by atoms with E-state index >= 15 is 0 Å². The number of rotatable bonds is 3. The van der Waals surface area contributed by atoms with Crippen LogP contribution in [0, 0.1) is 0 Å². The molecule has 23 heavy (non-hydrogen) atoms. The molecule has 0 saturated carbocycles.